The van der Waals surface area contributed by atoms with Crippen molar-refractivity contribution in [2.75, 3.05) is 0 Å². The largest absolute Gasteiger partial charge is 0.393 e. The topological polar surface area (TPSA) is 20.2 Å². The Labute approximate surface area is 50.7 Å². The lowest BCUT2D eigenvalue weighted by Gasteiger charge is -2.16. The van der Waals surface area contributed by atoms with Crippen LogP contribution >= 0.6 is 0 Å². The Morgan fingerprint density at radius 1 is 1.62 bits per heavy atom. The van der Waals surface area contributed by atoms with Gasteiger partial charge in [-0.25, -0.2) is 0 Å². The molecule has 3 heteroatoms. The first-order valence-corrected chi connectivity index (χ1v) is 5.81. The first kappa shape index (κ1) is 8.11. The van der Waals surface area contributed by atoms with Gasteiger partial charge in [0.25, 0.3) is 8.41 Å². The van der Waals surface area contributed by atoms with Crippen LogP contribution in [0.25, 0.3) is 0 Å². The maximum absolute atomic E-state index is 12.7. The third-order valence-electron chi connectivity index (χ3n) is 1.18. The molecule has 0 bridgehead atoms. The van der Waals surface area contributed by atoms with Crippen LogP contribution in [-0.2, 0) is 0 Å². The number of hydrogen-bond donors (Lipinski definition) is 1. The summed E-state index contributed by atoms with van der Waals surface area (Å²) < 4.78 is 12.7. The lowest BCUT2D eigenvalue weighted by molar-refractivity contribution is 0.228. The second kappa shape index (κ2) is 2.59. The summed E-state index contributed by atoms with van der Waals surface area (Å²) in [7, 11) is -2.71. The molecule has 0 aliphatic rings. The molecule has 0 amide bonds. The Morgan fingerprint density at radius 3 is 2.00 bits per heavy atom. The summed E-state index contributed by atoms with van der Waals surface area (Å²) in [5.74, 6) is 0. The van der Waals surface area contributed by atoms with Gasteiger partial charge < -0.3 is 9.21 Å². The first-order chi connectivity index (χ1) is 3.48. The Bertz CT molecular complexity index is 69.3. The number of rotatable bonds is 2. The van der Waals surface area contributed by atoms with E-state index < -0.39 is 14.1 Å². The molecule has 1 unspecified atom stereocenters. The normalized spacial score (nSPS) is 16.1. The van der Waals surface area contributed by atoms with E-state index in [1.165, 1.54) is 13.1 Å². The molecule has 0 saturated heterocycles. The van der Waals surface area contributed by atoms with E-state index in [-0.39, 0.29) is 0 Å². The van der Waals surface area contributed by atoms with Crippen LogP contribution in [0.1, 0.15) is 13.3 Å². The van der Waals surface area contributed by atoms with Crippen molar-refractivity contribution in [2.24, 2.45) is 0 Å². The van der Waals surface area contributed by atoms with Crippen molar-refractivity contribution in [3.05, 3.63) is 0 Å². The van der Waals surface area contributed by atoms with Crippen LogP contribution < -0.4 is 0 Å². The maximum Gasteiger partial charge on any atom is 0.268 e. The van der Waals surface area contributed by atoms with E-state index in [0.717, 1.165) is 0 Å². The fourth-order valence-electron chi connectivity index (χ4n) is 0.485. The smallest absolute Gasteiger partial charge is 0.268 e. The lowest BCUT2D eigenvalue weighted by atomic mass is 10.5. The third-order valence-corrected chi connectivity index (χ3v) is 3.17. The van der Waals surface area contributed by atoms with E-state index in [4.69, 9.17) is 5.11 Å². The summed E-state index contributed by atoms with van der Waals surface area (Å²) in [5.41, 5.74) is -0.678. The second-order valence-corrected chi connectivity index (χ2v) is 6.28. The monoisotopic (exact) mass is 136 g/mol. The first-order valence-electron chi connectivity index (χ1n) is 2.85. The molecule has 0 spiro atoms. The minimum Gasteiger partial charge on any atom is -0.393 e. The molecular weight excluding hydrogens is 123 g/mol. The average molecular weight is 136 g/mol. The number of hydrogen-bond acceptors (Lipinski definition) is 1. The number of aliphatic hydroxyl groups is 1. The van der Waals surface area contributed by atoms with Crippen LogP contribution in [0.3, 0.4) is 0 Å². The molecule has 0 rings (SSSR count). The highest BCUT2D eigenvalue weighted by Gasteiger charge is 2.29. The van der Waals surface area contributed by atoms with E-state index in [0.29, 0.717) is 6.42 Å². The Kier molecular flexibility index (Phi) is 2.63. The van der Waals surface area contributed by atoms with Crippen molar-refractivity contribution in [2.45, 2.75) is 32.2 Å². The van der Waals surface area contributed by atoms with E-state index in [1.807, 2.05) is 0 Å². The van der Waals surface area contributed by atoms with E-state index in [1.54, 1.807) is 6.92 Å². The van der Waals surface area contributed by atoms with Gasteiger partial charge in [-0.15, -0.1) is 0 Å². The van der Waals surface area contributed by atoms with Crippen LogP contribution in [-0.4, -0.2) is 19.2 Å². The quantitative estimate of drug-likeness (QED) is 0.450. The van der Waals surface area contributed by atoms with Gasteiger partial charge in [0.1, 0.15) is 0 Å². The molecule has 0 saturated carbocycles. The molecule has 0 fully saturated rings. The molecule has 8 heavy (non-hydrogen) atoms. The van der Waals surface area contributed by atoms with E-state index in [2.05, 4.69) is 0 Å². The van der Waals surface area contributed by atoms with Gasteiger partial charge in [0.05, 0.1) is 5.73 Å². The molecule has 0 aromatic heterocycles. The van der Waals surface area contributed by atoms with Crippen LogP contribution in [0.5, 0.6) is 0 Å². The highest BCUT2D eigenvalue weighted by atomic mass is 28.4. The van der Waals surface area contributed by atoms with E-state index >= 15 is 0 Å². The minimum absolute atomic E-state index is 0.537. The van der Waals surface area contributed by atoms with Gasteiger partial charge in [0.15, 0.2) is 0 Å². The molecule has 0 aromatic rings. The summed E-state index contributed by atoms with van der Waals surface area (Å²) in [4.78, 5) is 0. The van der Waals surface area contributed by atoms with Crippen LogP contribution in [0.4, 0.5) is 4.11 Å². The molecule has 0 aromatic carbocycles. The molecule has 0 aliphatic carbocycles. The summed E-state index contributed by atoms with van der Waals surface area (Å²) in [6.07, 6.45) is 0.537. The van der Waals surface area contributed by atoms with Crippen molar-refractivity contribution in [3.8, 4) is 0 Å². The van der Waals surface area contributed by atoms with Gasteiger partial charge in [-0.05, 0) is 19.5 Å². The van der Waals surface area contributed by atoms with Gasteiger partial charge in [-0.2, -0.15) is 0 Å². The zero-order chi connectivity index (χ0) is 6.78. The fourth-order valence-corrected chi connectivity index (χ4v) is 1.46. The van der Waals surface area contributed by atoms with Crippen LogP contribution in [0, 0.1) is 0 Å². The van der Waals surface area contributed by atoms with Gasteiger partial charge in [-0.1, -0.05) is 6.92 Å². The SMILES string of the molecule is CCC(O)[Si](C)(C)F. The van der Waals surface area contributed by atoms with Crippen molar-refractivity contribution in [1.29, 1.82) is 0 Å². The number of halogens is 1. The lowest BCUT2D eigenvalue weighted by Crippen LogP contribution is -2.36. The molecule has 0 aliphatic heterocycles. The molecule has 1 atom stereocenters. The molecular formula is C5H13FOSi. The predicted octanol–water partition coefficient (Wildman–Crippen LogP) is 1.47. The Hall–Kier alpha value is 0.107. The summed E-state index contributed by atoms with van der Waals surface area (Å²) in [5, 5.41) is 8.88. The minimum atomic E-state index is -2.71. The van der Waals surface area contributed by atoms with Crippen LogP contribution in [0.15, 0.2) is 0 Å². The molecule has 50 valence electrons. The van der Waals surface area contributed by atoms with Gasteiger partial charge >= 0.3 is 0 Å². The van der Waals surface area contributed by atoms with Gasteiger partial charge in [0.2, 0.25) is 0 Å². The van der Waals surface area contributed by atoms with Crippen molar-refractivity contribution in [3.63, 3.8) is 0 Å². The molecule has 0 heterocycles. The highest BCUT2D eigenvalue weighted by molar-refractivity contribution is 6.71. The van der Waals surface area contributed by atoms with Gasteiger partial charge in [0, 0.05) is 0 Å². The average Bonchev–Trinajstić information content (AvgIpc) is 1.62. The fraction of sp³-hybridized carbons (Fsp3) is 1.00. The Morgan fingerprint density at radius 2 is 2.00 bits per heavy atom. The molecule has 0 radical (unpaired) electrons. The maximum atomic E-state index is 12.7. The van der Waals surface area contributed by atoms with Crippen LogP contribution in [0.2, 0.25) is 13.1 Å². The van der Waals surface area contributed by atoms with Crippen molar-refractivity contribution in [1.82, 2.24) is 0 Å². The standard InChI is InChI=1S/C5H13FOSi/c1-4-5(7)8(2,3)6/h5,7H,4H2,1-3H3. The third kappa shape index (κ3) is 2.42. The Balaban J connectivity index is 3.62. The molecule has 1 nitrogen and oxygen atoms in total. The van der Waals surface area contributed by atoms with Crippen molar-refractivity contribution >= 4 is 8.41 Å². The summed E-state index contributed by atoms with van der Waals surface area (Å²) in [6.45, 7) is 4.82. The van der Waals surface area contributed by atoms with Crippen molar-refractivity contribution < 1.29 is 9.21 Å². The number of aliphatic hydroxyl groups excluding tert-OH is 1. The zero-order valence-electron chi connectivity index (χ0n) is 5.61. The highest BCUT2D eigenvalue weighted by Crippen LogP contribution is 2.11. The molecule has 1 N–H and O–H groups in total. The second-order valence-electron chi connectivity index (χ2n) is 2.49. The van der Waals surface area contributed by atoms with Gasteiger partial charge in [-0.3, -0.25) is 0 Å². The predicted molar refractivity (Wildman–Crippen MR) is 34.9 cm³/mol. The van der Waals surface area contributed by atoms with E-state index in [9.17, 15) is 4.11 Å². The summed E-state index contributed by atoms with van der Waals surface area (Å²) >= 11 is 0. The summed E-state index contributed by atoms with van der Waals surface area (Å²) in [6, 6.07) is 0. The zero-order valence-corrected chi connectivity index (χ0v) is 6.61.